The minimum absolute atomic E-state index is 0.105. The molecule has 18 heavy (non-hydrogen) atoms. The van der Waals surface area contributed by atoms with Crippen LogP contribution in [0.3, 0.4) is 0 Å². The van der Waals surface area contributed by atoms with E-state index in [9.17, 15) is 4.79 Å². The van der Waals surface area contributed by atoms with Gasteiger partial charge in [-0.25, -0.2) is 0 Å². The first-order chi connectivity index (χ1) is 8.14. The molecule has 0 aromatic carbocycles. The maximum absolute atomic E-state index is 11.9. The van der Waals surface area contributed by atoms with E-state index in [0.29, 0.717) is 16.7 Å². The summed E-state index contributed by atoms with van der Waals surface area (Å²) in [5, 5.41) is 6.39. The summed E-state index contributed by atoms with van der Waals surface area (Å²) in [5.74, 6) is 0.768. The summed E-state index contributed by atoms with van der Waals surface area (Å²) in [7, 11) is 0. The van der Waals surface area contributed by atoms with E-state index in [4.69, 9.17) is 0 Å². The Morgan fingerprint density at radius 1 is 1.17 bits per heavy atom. The number of nitrogens with one attached hydrogen (secondary N) is 2. The third-order valence-electron chi connectivity index (χ3n) is 5.34. The lowest BCUT2D eigenvalue weighted by molar-refractivity contribution is -0.123. The molecule has 0 bridgehead atoms. The van der Waals surface area contributed by atoms with Crippen LogP contribution < -0.4 is 10.6 Å². The standard InChI is InChI=1S/C15H30N2O/c1-8-10(2)17-13(18)11(3)16-9-12-14(4,5)15(12,6)7/h10-12,16H,8-9H2,1-7H3,(H,17,18). The molecule has 2 N–H and O–H groups in total. The van der Waals surface area contributed by atoms with Gasteiger partial charge in [-0.15, -0.1) is 0 Å². The Hall–Kier alpha value is -0.570. The monoisotopic (exact) mass is 254 g/mol. The van der Waals surface area contributed by atoms with Gasteiger partial charge in [-0.2, -0.15) is 0 Å². The van der Waals surface area contributed by atoms with E-state index in [0.717, 1.165) is 13.0 Å². The van der Waals surface area contributed by atoms with E-state index in [1.165, 1.54) is 0 Å². The molecular formula is C15H30N2O. The van der Waals surface area contributed by atoms with E-state index in [1.807, 2.05) is 13.8 Å². The van der Waals surface area contributed by atoms with Crippen LogP contribution in [0.25, 0.3) is 0 Å². The number of carbonyl (C=O) groups excluding carboxylic acids is 1. The fraction of sp³-hybridized carbons (Fsp3) is 0.933. The van der Waals surface area contributed by atoms with Gasteiger partial charge in [0.15, 0.2) is 0 Å². The largest absolute Gasteiger partial charge is 0.352 e. The molecule has 3 heteroatoms. The Balaban J connectivity index is 2.35. The number of carbonyl (C=O) groups is 1. The summed E-state index contributed by atoms with van der Waals surface area (Å²) in [6, 6.07) is 0.154. The molecule has 2 unspecified atom stereocenters. The predicted molar refractivity (Wildman–Crippen MR) is 76.4 cm³/mol. The molecule has 3 nitrogen and oxygen atoms in total. The highest BCUT2D eigenvalue weighted by molar-refractivity contribution is 5.81. The predicted octanol–water partition coefficient (Wildman–Crippen LogP) is 2.56. The smallest absolute Gasteiger partial charge is 0.237 e. The number of hydrogen-bond acceptors (Lipinski definition) is 2. The van der Waals surface area contributed by atoms with Gasteiger partial charge < -0.3 is 10.6 Å². The Morgan fingerprint density at radius 2 is 1.67 bits per heavy atom. The second-order valence-electron chi connectivity index (χ2n) is 6.94. The summed E-state index contributed by atoms with van der Waals surface area (Å²) in [6.45, 7) is 16.2. The van der Waals surface area contributed by atoms with Crippen molar-refractivity contribution in [2.24, 2.45) is 16.7 Å². The molecule has 0 saturated heterocycles. The maximum atomic E-state index is 11.9. The van der Waals surface area contributed by atoms with E-state index in [-0.39, 0.29) is 18.0 Å². The molecule has 0 aliphatic heterocycles. The van der Waals surface area contributed by atoms with Gasteiger partial charge in [0.2, 0.25) is 5.91 Å². The molecule has 106 valence electrons. The van der Waals surface area contributed by atoms with Crippen LogP contribution in [0.15, 0.2) is 0 Å². The molecule has 1 aliphatic rings. The molecule has 1 rings (SSSR count). The van der Waals surface area contributed by atoms with Crippen molar-refractivity contribution in [1.29, 1.82) is 0 Å². The fourth-order valence-electron chi connectivity index (χ4n) is 2.70. The van der Waals surface area contributed by atoms with Crippen molar-refractivity contribution in [3.05, 3.63) is 0 Å². The van der Waals surface area contributed by atoms with Crippen molar-refractivity contribution in [2.45, 2.75) is 67.0 Å². The second-order valence-corrected chi connectivity index (χ2v) is 6.94. The zero-order chi connectivity index (χ0) is 14.1. The number of hydrogen-bond donors (Lipinski definition) is 2. The molecule has 0 heterocycles. The van der Waals surface area contributed by atoms with Gasteiger partial charge >= 0.3 is 0 Å². The van der Waals surface area contributed by atoms with Crippen molar-refractivity contribution < 1.29 is 4.79 Å². The molecule has 0 spiro atoms. The SMILES string of the molecule is CCC(C)NC(=O)C(C)NCC1C(C)(C)C1(C)C. The molecular weight excluding hydrogens is 224 g/mol. The molecule has 1 amide bonds. The summed E-state index contributed by atoms with van der Waals surface area (Å²) >= 11 is 0. The van der Waals surface area contributed by atoms with E-state index in [1.54, 1.807) is 0 Å². The highest BCUT2D eigenvalue weighted by atomic mass is 16.2. The quantitative estimate of drug-likeness (QED) is 0.765. The summed E-state index contributed by atoms with van der Waals surface area (Å²) in [4.78, 5) is 11.9. The average Bonchev–Trinajstić information content (AvgIpc) is 2.66. The highest BCUT2D eigenvalue weighted by Gasteiger charge is 2.63. The van der Waals surface area contributed by atoms with Crippen LogP contribution in [-0.4, -0.2) is 24.5 Å². The van der Waals surface area contributed by atoms with Crippen LogP contribution in [0.1, 0.15) is 54.9 Å². The summed E-state index contributed by atoms with van der Waals surface area (Å²) in [6.07, 6.45) is 0.973. The zero-order valence-electron chi connectivity index (χ0n) is 13.1. The Labute approximate surface area is 112 Å². The zero-order valence-corrected chi connectivity index (χ0v) is 13.1. The molecule has 1 saturated carbocycles. The van der Waals surface area contributed by atoms with Crippen LogP contribution >= 0.6 is 0 Å². The molecule has 2 atom stereocenters. The first-order valence-corrected chi connectivity index (χ1v) is 7.18. The fourth-order valence-corrected chi connectivity index (χ4v) is 2.70. The van der Waals surface area contributed by atoms with E-state index >= 15 is 0 Å². The van der Waals surface area contributed by atoms with E-state index in [2.05, 4.69) is 45.3 Å². The molecule has 0 aromatic heterocycles. The third kappa shape index (κ3) is 2.87. The van der Waals surface area contributed by atoms with Crippen molar-refractivity contribution in [2.75, 3.05) is 6.54 Å². The molecule has 1 fully saturated rings. The maximum Gasteiger partial charge on any atom is 0.237 e. The van der Waals surface area contributed by atoms with Crippen LogP contribution in [-0.2, 0) is 4.79 Å². The van der Waals surface area contributed by atoms with Gasteiger partial charge in [0.05, 0.1) is 6.04 Å². The Kier molecular flexibility index (Phi) is 4.47. The summed E-state index contributed by atoms with van der Waals surface area (Å²) < 4.78 is 0. The lowest BCUT2D eigenvalue weighted by Gasteiger charge is -2.18. The van der Waals surface area contributed by atoms with Gasteiger partial charge in [0, 0.05) is 6.04 Å². The molecule has 0 radical (unpaired) electrons. The Morgan fingerprint density at radius 3 is 2.06 bits per heavy atom. The normalized spacial score (nSPS) is 24.4. The lowest BCUT2D eigenvalue weighted by atomic mass is 10.0. The van der Waals surface area contributed by atoms with Crippen molar-refractivity contribution >= 4 is 5.91 Å². The van der Waals surface area contributed by atoms with Crippen LogP contribution in [0, 0.1) is 16.7 Å². The van der Waals surface area contributed by atoms with Crippen LogP contribution in [0.2, 0.25) is 0 Å². The van der Waals surface area contributed by atoms with E-state index < -0.39 is 0 Å². The summed E-state index contributed by atoms with van der Waals surface area (Å²) in [5.41, 5.74) is 0.764. The highest BCUT2D eigenvalue weighted by Crippen LogP contribution is 2.67. The average molecular weight is 254 g/mol. The van der Waals surface area contributed by atoms with Crippen molar-refractivity contribution in [3.8, 4) is 0 Å². The third-order valence-corrected chi connectivity index (χ3v) is 5.34. The van der Waals surface area contributed by atoms with Gasteiger partial charge in [-0.3, -0.25) is 4.79 Å². The second kappa shape index (κ2) is 5.20. The van der Waals surface area contributed by atoms with Crippen LogP contribution in [0.5, 0.6) is 0 Å². The van der Waals surface area contributed by atoms with Crippen molar-refractivity contribution in [1.82, 2.24) is 10.6 Å². The molecule has 1 aliphatic carbocycles. The van der Waals surface area contributed by atoms with Gasteiger partial charge in [-0.05, 0) is 43.6 Å². The van der Waals surface area contributed by atoms with Gasteiger partial charge in [0.1, 0.15) is 0 Å². The lowest BCUT2D eigenvalue weighted by Crippen LogP contribution is -2.46. The minimum atomic E-state index is -0.105. The molecule has 0 aromatic rings. The van der Waals surface area contributed by atoms with Crippen molar-refractivity contribution in [3.63, 3.8) is 0 Å². The minimum Gasteiger partial charge on any atom is -0.352 e. The Bertz CT molecular complexity index is 296. The topological polar surface area (TPSA) is 41.1 Å². The van der Waals surface area contributed by atoms with Crippen LogP contribution in [0.4, 0.5) is 0 Å². The number of rotatable bonds is 6. The number of amides is 1. The first kappa shape index (κ1) is 15.5. The van der Waals surface area contributed by atoms with Gasteiger partial charge in [-0.1, -0.05) is 34.6 Å². The first-order valence-electron chi connectivity index (χ1n) is 7.18. The van der Waals surface area contributed by atoms with Gasteiger partial charge in [0.25, 0.3) is 0 Å².